The van der Waals surface area contributed by atoms with Crippen molar-refractivity contribution in [1.29, 1.82) is 0 Å². The second-order valence-corrected chi connectivity index (χ2v) is 5.18. The zero-order valence-electron chi connectivity index (χ0n) is 10.5. The summed E-state index contributed by atoms with van der Waals surface area (Å²) in [6, 6.07) is 0. The molecule has 8 heteroatoms. The van der Waals surface area contributed by atoms with E-state index in [0.29, 0.717) is 29.5 Å². The lowest BCUT2D eigenvalue weighted by Crippen LogP contribution is -1.98. The third-order valence-electron chi connectivity index (χ3n) is 2.69. The van der Waals surface area contributed by atoms with E-state index in [2.05, 4.69) is 20.2 Å². The minimum absolute atomic E-state index is 0.382. The maximum Gasteiger partial charge on any atom is 0.263 e. The van der Waals surface area contributed by atoms with Crippen LogP contribution >= 0.6 is 11.3 Å². The van der Waals surface area contributed by atoms with Crippen LogP contribution in [-0.2, 0) is 13.5 Å². The van der Waals surface area contributed by atoms with Gasteiger partial charge in [0.15, 0.2) is 5.82 Å². The van der Waals surface area contributed by atoms with E-state index in [-0.39, 0.29) is 0 Å². The quantitative estimate of drug-likeness (QED) is 0.777. The molecule has 0 bridgehead atoms. The fourth-order valence-electron chi connectivity index (χ4n) is 1.70. The molecule has 0 radical (unpaired) electrons. The molecule has 0 atom stereocenters. The maximum absolute atomic E-state index is 5.86. The topological polar surface area (TPSA) is 95.7 Å². The van der Waals surface area contributed by atoms with Crippen molar-refractivity contribution < 1.29 is 4.52 Å². The van der Waals surface area contributed by atoms with Gasteiger partial charge in [-0.15, -0.1) is 11.3 Å². The number of nitrogens with zero attached hydrogens (tertiary/aromatic N) is 5. The summed E-state index contributed by atoms with van der Waals surface area (Å²) in [7, 11) is 1.76. The highest BCUT2D eigenvalue weighted by molar-refractivity contribution is 7.09. The zero-order chi connectivity index (χ0) is 13.4. The molecule has 0 aliphatic carbocycles. The number of nitrogen functional groups attached to an aromatic ring is 1. The Balaban J connectivity index is 1.85. The van der Waals surface area contributed by atoms with Gasteiger partial charge in [0.1, 0.15) is 11.4 Å². The first-order valence-corrected chi connectivity index (χ1v) is 6.53. The predicted molar refractivity (Wildman–Crippen MR) is 70.6 cm³/mol. The largest absolute Gasteiger partial charge is 0.383 e. The number of thiazole rings is 1. The van der Waals surface area contributed by atoms with Crippen LogP contribution in [0.2, 0.25) is 0 Å². The first kappa shape index (κ1) is 11.8. The molecule has 3 rings (SSSR count). The monoisotopic (exact) mass is 276 g/mol. The van der Waals surface area contributed by atoms with Gasteiger partial charge in [0.2, 0.25) is 0 Å². The van der Waals surface area contributed by atoms with Crippen molar-refractivity contribution in [1.82, 2.24) is 24.9 Å². The highest BCUT2D eigenvalue weighted by Crippen LogP contribution is 2.23. The summed E-state index contributed by atoms with van der Waals surface area (Å²) in [6.45, 7) is 1.96. The van der Waals surface area contributed by atoms with Gasteiger partial charge >= 0.3 is 0 Å². The van der Waals surface area contributed by atoms with Crippen LogP contribution in [0.25, 0.3) is 11.5 Å². The molecule has 19 heavy (non-hydrogen) atoms. The summed E-state index contributed by atoms with van der Waals surface area (Å²) in [4.78, 5) is 8.68. The van der Waals surface area contributed by atoms with Gasteiger partial charge in [0.05, 0.1) is 23.3 Å². The SMILES string of the molecule is Cc1nc(Cc2noc(-c3cnn(C)c3N)n2)cs1. The van der Waals surface area contributed by atoms with Gasteiger partial charge in [0, 0.05) is 12.4 Å². The average molecular weight is 276 g/mol. The smallest absolute Gasteiger partial charge is 0.263 e. The molecule has 0 unspecified atom stereocenters. The molecular formula is C11H12N6OS. The first-order chi connectivity index (χ1) is 9.13. The number of nitrogens with two attached hydrogens (primary N) is 1. The van der Waals surface area contributed by atoms with Crippen LogP contribution in [0, 0.1) is 6.92 Å². The van der Waals surface area contributed by atoms with Gasteiger partial charge in [-0.2, -0.15) is 10.1 Å². The molecule has 98 valence electrons. The van der Waals surface area contributed by atoms with Gasteiger partial charge in [0.25, 0.3) is 5.89 Å². The molecule has 0 aliphatic rings. The maximum atomic E-state index is 5.86. The van der Waals surface area contributed by atoms with Crippen LogP contribution in [-0.4, -0.2) is 24.9 Å². The van der Waals surface area contributed by atoms with Crippen LogP contribution in [0.15, 0.2) is 16.1 Å². The second-order valence-electron chi connectivity index (χ2n) is 4.12. The summed E-state index contributed by atoms with van der Waals surface area (Å²) in [5, 5.41) is 11.0. The van der Waals surface area contributed by atoms with Crippen LogP contribution < -0.4 is 5.73 Å². The molecule has 3 aromatic rings. The van der Waals surface area contributed by atoms with E-state index in [1.54, 1.807) is 29.3 Å². The minimum atomic E-state index is 0.382. The van der Waals surface area contributed by atoms with E-state index in [4.69, 9.17) is 10.3 Å². The van der Waals surface area contributed by atoms with Crippen LogP contribution in [0.1, 0.15) is 16.5 Å². The van der Waals surface area contributed by atoms with Crippen molar-refractivity contribution in [2.45, 2.75) is 13.3 Å². The Morgan fingerprint density at radius 3 is 2.89 bits per heavy atom. The van der Waals surface area contributed by atoms with Crippen molar-refractivity contribution in [3.63, 3.8) is 0 Å². The highest BCUT2D eigenvalue weighted by atomic mass is 32.1. The Morgan fingerprint density at radius 1 is 1.42 bits per heavy atom. The highest BCUT2D eigenvalue weighted by Gasteiger charge is 2.15. The Labute approximate surface area is 113 Å². The number of hydrogen-bond acceptors (Lipinski definition) is 7. The number of rotatable bonds is 3. The van der Waals surface area contributed by atoms with Crippen LogP contribution in [0.3, 0.4) is 0 Å². The molecular weight excluding hydrogens is 264 g/mol. The van der Waals surface area contributed by atoms with Crippen molar-refractivity contribution in [3.8, 4) is 11.5 Å². The third-order valence-corrected chi connectivity index (χ3v) is 3.51. The predicted octanol–water partition coefficient (Wildman–Crippen LogP) is 1.41. The number of anilines is 1. The van der Waals surface area contributed by atoms with Gasteiger partial charge in [-0.25, -0.2) is 4.98 Å². The van der Waals surface area contributed by atoms with Crippen molar-refractivity contribution in [2.75, 3.05) is 5.73 Å². The van der Waals surface area contributed by atoms with Crippen molar-refractivity contribution in [3.05, 3.63) is 28.1 Å². The molecule has 0 saturated carbocycles. The Kier molecular flexibility index (Phi) is 2.79. The summed E-state index contributed by atoms with van der Waals surface area (Å²) >= 11 is 1.60. The summed E-state index contributed by atoms with van der Waals surface area (Å²) < 4.78 is 6.76. The van der Waals surface area contributed by atoms with E-state index in [1.165, 1.54) is 0 Å². The molecule has 2 N–H and O–H groups in total. The van der Waals surface area contributed by atoms with Gasteiger partial charge in [-0.3, -0.25) is 4.68 Å². The molecule has 0 aliphatic heterocycles. The second kappa shape index (κ2) is 4.47. The van der Waals surface area contributed by atoms with Gasteiger partial charge in [-0.05, 0) is 6.92 Å². The molecule has 3 heterocycles. The van der Waals surface area contributed by atoms with Crippen LogP contribution in [0.5, 0.6) is 0 Å². The lowest BCUT2D eigenvalue weighted by molar-refractivity contribution is 0.424. The normalized spacial score (nSPS) is 11.1. The molecule has 0 aromatic carbocycles. The Morgan fingerprint density at radius 2 is 2.26 bits per heavy atom. The standard InChI is InChI=1S/C11H12N6OS/c1-6-14-7(5-19-6)3-9-15-11(18-16-9)8-4-13-17(2)10(8)12/h4-5H,3,12H2,1-2H3. The molecule has 0 spiro atoms. The molecule has 0 saturated heterocycles. The first-order valence-electron chi connectivity index (χ1n) is 5.65. The van der Waals surface area contributed by atoms with Gasteiger partial charge in [-0.1, -0.05) is 5.16 Å². The summed E-state index contributed by atoms with van der Waals surface area (Å²) in [5.41, 5.74) is 7.45. The summed E-state index contributed by atoms with van der Waals surface area (Å²) in [6.07, 6.45) is 2.16. The molecule has 7 nitrogen and oxygen atoms in total. The lowest BCUT2D eigenvalue weighted by atomic mass is 10.3. The minimum Gasteiger partial charge on any atom is -0.383 e. The van der Waals surface area contributed by atoms with Crippen LogP contribution in [0.4, 0.5) is 5.82 Å². The molecule has 0 fully saturated rings. The van der Waals surface area contributed by atoms with Crippen molar-refractivity contribution in [2.24, 2.45) is 7.05 Å². The van der Waals surface area contributed by atoms with E-state index >= 15 is 0 Å². The number of aromatic nitrogens is 5. The molecule has 0 amide bonds. The average Bonchev–Trinajstić information content (AvgIpc) is 3.05. The van der Waals surface area contributed by atoms with E-state index < -0.39 is 0 Å². The zero-order valence-corrected chi connectivity index (χ0v) is 11.3. The summed E-state index contributed by atoms with van der Waals surface area (Å²) in [5.74, 6) is 1.47. The number of aryl methyl sites for hydroxylation is 2. The Hall–Kier alpha value is -2.22. The fraction of sp³-hybridized carbons (Fsp3) is 0.273. The van der Waals surface area contributed by atoms with E-state index in [9.17, 15) is 0 Å². The molecule has 3 aromatic heterocycles. The third kappa shape index (κ3) is 2.22. The van der Waals surface area contributed by atoms with E-state index in [0.717, 1.165) is 10.7 Å². The van der Waals surface area contributed by atoms with E-state index in [1.807, 2.05) is 12.3 Å². The number of hydrogen-bond donors (Lipinski definition) is 1. The van der Waals surface area contributed by atoms with Crippen molar-refractivity contribution >= 4 is 17.2 Å². The Bertz CT molecular complexity index is 712. The fourth-order valence-corrected chi connectivity index (χ4v) is 2.31. The lowest BCUT2D eigenvalue weighted by Gasteiger charge is -1.93. The van der Waals surface area contributed by atoms with Gasteiger partial charge < -0.3 is 10.3 Å².